The number of phenolic OH excluding ortho intramolecular Hbond substituents is 1. The van der Waals surface area contributed by atoms with Crippen LogP contribution in [0.4, 0.5) is 0 Å². The number of hydrogen-bond acceptors (Lipinski definition) is 7. The lowest BCUT2D eigenvalue weighted by atomic mass is 9.99. The summed E-state index contributed by atoms with van der Waals surface area (Å²) in [5.74, 6) is -0.214. The Morgan fingerprint density at radius 1 is 1.17 bits per heavy atom. The van der Waals surface area contributed by atoms with Crippen LogP contribution < -0.4 is 21.4 Å². The van der Waals surface area contributed by atoms with Crippen LogP contribution in [0.2, 0.25) is 5.02 Å². The molecule has 0 amide bonds. The number of methoxy groups -OCH3 is 1. The van der Waals surface area contributed by atoms with E-state index in [1.165, 1.54) is 13.2 Å². The molecule has 1 aromatic heterocycles. The fourth-order valence-electron chi connectivity index (χ4n) is 3.33. The molecule has 2 heterocycles. The summed E-state index contributed by atoms with van der Waals surface area (Å²) in [6, 6.07) is 10.8. The van der Waals surface area contributed by atoms with E-state index in [9.17, 15) is 19.8 Å². The molecule has 154 valence electrons. The molecule has 9 nitrogen and oxygen atoms in total. The van der Waals surface area contributed by atoms with Crippen LogP contribution in [-0.4, -0.2) is 32.6 Å². The average Bonchev–Trinajstić information content (AvgIpc) is 3.18. The van der Waals surface area contributed by atoms with E-state index in [1.807, 2.05) is 0 Å². The third-order valence-electron chi connectivity index (χ3n) is 4.82. The zero-order valence-corrected chi connectivity index (χ0v) is 16.5. The Balaban J connectivity index is 1.70. The summed E-state index contributed by atoms with van der Waals surface area (Å²) in [6.45, 7) is 0. The van der Waals surface area contributed by atoms with Crippen LogP contribution in [0.15, 0.2) is 57.2 Å². The van der Waals surface area contributed by atoms with E-state index in [1.54, 1.807) is 36.4 Å². The lowest BCUT2D eigenvalue weighted by molar-refractivity contribution is 0.372. The molecule has 1 atom stereocenters. The summed E-state index contributed by atoms with van der Waals surface area (Å²) in [5, 5.41) is 25.4. The molecule has 3 aromatic rings. The molecule has 0 aliphatic carbocycles. The first-order valence-electron chi connectivity index (χ1n) is 8.92. The Labute approximate surface area is 174 Å². The third-order valence-corrected chi connectivity index (χ3v) is 5.07. The number of hydrazone groups is 1. The van der Waals surface area contributed by atoms with Crippen LogP contribution in [0, 0.1) is 0 Å². The minimum absolute atomic E-state index is 0.0257. The van der Waals surface area contributed by atoms with Crippen molar-refractivity contribution in [3.05, 3.63) is 79.5 Å². The quantitative estimate of drug-likeness (QED) is 0.503. The Kier molecular flexibility index (Phi) is 4.96. The van der Waals surface area contributed by atoms with Gasteiger partial charge in [0.05, 0.1) is 24.6 Å². The van der Waals surface area contributed by atoms with Crippen LogP contribution >= 0.6 is 11.6 Å². The van der Waals surface area contributed by atoms with Crippen LogP contribution in [-0.2, 0) is 0 Å². The Morgan fingerprint density at radius 3 is 2.57 bits per heavy atom. The number of H-pyrrole nitrogens is 1. The maximum Gasteiger partial charge on any atom is 0.335 e. The van der Waals surface area contributed by atoms with Gasteiger partial charge in [0.2, 0.25) is 5.88 Å². The number of nitrogens with one attached hydrogen (secondary N) is 2. The van der Waals surface area contributed by atoms with E-state index in [0.717, 1.165) is 4.57 Å². The predicted octanol–water partition coefficient (Wildman–Crippen LogP) is 2.04. The summed E-state index contributed by atoms with van der Waals surface area (Å²) >= 11 is 5.88. The lowest BCUT2D eigenvalue weighted by Gasteiger charge is -2.13. The van der Waals surface area contributed by atoms with Crippen LogP contribution in [0.3, 0.4) is 0 Å². The Morgan fingerprint density at radius 2 is 1.90 bits per heavy atom. The molecular weight excluding hydrogens is 412 g/mol. The fraction of sp³-hybridized carbons (Fsp3) is 0.150. The molecule has 1 aliphatic heterocycles. The Bertz CT molecular complexity index is 1260. The van der Waals surface area contributed by atoms with Crippen molar-refractivity contribution in [1.82, 2.24) is 15.0 Å². The van der Waals surface area contributed by atoms with Gasteiger partial charge in [-0.15, -0.1) is 0 Å². The van der Waals surface area contributed by atoms with E-state index in [0.29, 0.717) is 22.0 Å². The number of nitrogens with zero attached hydrogens (tertiary/aromatic N) is 2. The van der Waals surface area contributed by atoms with Gasteiger partial charge in [-0.3, -0.25) is 9.78 Å². The summed E-state index contributed by atoms with van der Waals surface area (Å²) < 4.78 is 6.01. The number of aromatic nitrogens is 2. The fourth-order valence-corrected chi connectivity index (χ4v) is 3.46. The first-order chi connectivity index (χ1) is 14.4. The number of ether oxygens (including phenoxy) is 1. The van der Waals surface area contributed by atoms with Gasteiger partial charge in [-0.1, -0.05) is 17.7 Å². The summed E-state index contributed by atoms with van der Waals surface area (Å²) in [5.41, 5.74) is 2.57. The molecule has 1 aliphatic rings. The maximum absolute atomic E-state index is 12.5. The van der Waals surface area contributed by atoms with Gasteiger partial charge < -0.3 is 20.4 Å². The van der Waals surface area contributed by atoms with Crippen LogP contribution in [0.5, 0.6) is 17.4 Å². The molecule has 30 heavy (non-hydrogen) atoms. The van der Waals surface area contributed by atoms with Gasteiger partial charge in [-0.25, -0.2) is 9.36 Å². The number of benzene rings is 2. The van der Waals surface area contributed by atoms with Gasteiger partial charge in [0.15, 0.2) is 11.5 Å². The van der Waals surface area contributed by atoms with E-state index in [2.05, 4.69) is 15.5 Å². The monoisotopic (exact) mass is 428 g/mol. The highest BCUT2D eigenvalue weighted by Gasteiger charge is 2.28. The minimum Gasteiger partial charge on any atom is -0.504 e. The maximum atomic E-state index is 12.5. The van der Waals surface area contributed by atoms with Crippen molar-refractivity contribution in [2.45, 2.75) is 12.5 Å². The molecule has 0 bridgehead atoms. The van der Waals surface area contributed by atoms with Gasteiger partial charge in [0, 0.05) is 11.4 Å². The number of phenols is 1. The van der Waals surface area contributed by atoms with Crippen molar-refractivity contribution >= 4 is 17.3 Å². The second-order valence-electron chi connectivity index (χ2n) is 6.65. The molecular formula is C20H17ClN4O5. The van der Waals surface area contributed by atoms with E-state index in [-0.39, 0.29) is 29.5 Å². The van der Waals surface area contributed by atoms with Gasteiger partial charge in [-0.05, 0) is 42.0 Å². The first kappa shape index (κ1) is 19.6. The molecule has 1 unspecified atom stereocenters. The smallest absolute Gasteiger partial charge is 0.335 e. The Hall–Kier alpha value is -3.72. The summed E-state index contributed by atoms with van der Waals surface area (Å²) in [4.78, 5) is 27.0. The van der Waals surface area contributed by atoms with Gasteiger partial charge in [-0.2, -0.15) is 5.10 Å². The molecule has 10 heteroatoms. The molecule has 0 radical (unpaired) electrons. The number of rotatable bonds is 4. The third kappa shape index (κ3) is 3.39. The van der Waals surface area contributed by atoms with E-state index < -0.39 is 17.1 Å². The SMILES string of the molecule is COc1ccc(C2CC(c3c(O)n(-c4ccc(Cl)cc4)c(=O)[nH]c3=O)=NN2)cc1O. The van der Waals surface area contributed by atoms with E-state index in [4.69, 9.17) is 16.3 Å². The highest BCUT2D eigenvalue weighted by atomic mass is 35.5. The van der Waals surface area contributed by atoms with Gasteiger partial charge >= 0.3 is 5.69 Å². The van der Waals surface area contributed by atoms with Gasteiger partial charge in [0.25, 0.3) is 5.56 Å². The topological polar surface area (TPSA) is 129 Å². The molecule has 2 aromatic carbocycles. The molecule has 0 spiro atoms. The second kappa shape index (κ2) is 7.60. The average molecular weight is 429 g/mol. The van der Waals surface area contributed by atoms with Crippen molar-refractivity contribution in [3.8, 4) is 23.1 Å². The molecule has 0 saturated carbocycles. The largest absolute Gasteiger partial charge is 0.504 e. The lowest BCUT2D eigenvalue weighted by Crippen LogP contribution is -2.33. The van der Waals surface area contributed by atoms with Crippen molar-refractivity contribution in [2.24, 2.45) is 5.10 Å². The standard InChI is InChI=1S/C20H17ClN4O5/c1-30-16-7-2-10(8-15(16)26)13-9-14(24-23-13)17-18(27)22-20(29)25(19(17)28)12-5-3-11(21)4-6-12/h2-8,13,23,26,28H,9H2,1H3,(H,22,27,29). The van der Waals surface area contributed by atoms with Crippen molar-refractivity contribution in [2.75, 3.05) is 7.11 Å². The summed E-state index contributed by atoms with van der Waals surface area (Å²) in [6.07, 6.45) is 0.251. The molecule has 4 rings (SSSR count). The van der Waals surface area contributed by atoms with Crippen LogP contribution in [0.1, 0.15) is 23.6 Å². The molecule has 0 fully saturated rings. The zero-order chi connectivity index (χ0) is 21.4. The highest BCUT2D eigenvalue weighted by Crippen LogP contribution is 2.32. The normalized spacial score (nSPS) is 15.5. The number of halogens is 1. The number of aromatic hydroxyl groups is 2. The number of hydrogen-bond donors (Lipinski definition) is 4. The number of aromatic amines is 1. The van der Waals surface area contributed by atoms with Gasteiger partial charge in [0.1, 0.15) is 5.56 Å². The second-order valence-corrected chi connectivity index (χ2v) is 7.08. The molecule has 4 N–H and O–H groups in total. The van der Waals surface area contributed by atoms with E-state index >= 15 is 0 Å². The zero-order valence-electron chi connectivity index (χ0n) is 15.7. The van der Waals surface area contributed by atoms with Crippen molar-refractivity contribution in [3.63, 3.8) is 0 Å². The highest BCUT2D eigenvalue weighted by molar-refractivity contribution is 6.30. The minimum atomic E-state index is -0.785. The predicted molar refractivity (Wildman–Crippen MR) is 111 cm³/mol. The first-order valence-corrected chi connectivity index (χ1v) is 9.30. The molecule has 0 saturated heterocycles. The van der Waals surface area contributed by atoms with Crippen molar-refractivity contribution in [1.29, 1.82) is 0 Å². The van der Waals surface area contributed by atoms with Crippen molar-refractivity contribution < 1.29 is 14.9 Å². The summed E-state index contributed by atoms with van der Waals surface area (Å²) in [7, 11) is 1.45. The van der Waals surface area contributed by atoms with Crippen LogP contribution in [0.25, 0.3) is 5.69 Å².